The van der Waals surface area contributed by atoms with Crippen molar-refractivity contribution in [2.24, 2.45) is 0 Å². The van der Waals surface area contributed by atoms with E-state index in [1.165, 1.54) is 13.2 Å². The van der Waals surface area contributed by atoms with Gasteiger partial charge in [0, 0.05) is 30.4 Å². The zero-order valence-corrected chi connectivity index (χ0v) is 15.2. The average molecular weight is 382 g/mol. The number of H-pyrrole nitrogens is 1. The maximum absolute atomic E-state index is 14.3. The maximum Gasteiger partial charge on any atom is 0.227 e. The number of methoxy groups -OCH3 is 1. The number of fused-ring (bicyclic) bond motifs is 1. The van der Waals surface area contributed by atoms with E-state index in [4.69, 9.17) is 9.47 Å². The summed E-state index contributed by atoms with van der Waals surface area (Å²) in [7, 11) is 1.50. The number of hydrogen-bond donors (Lipinski definition) is 2. The molecule has 0 spiro atoms. The van der Waals surface area contributed by atoms with E-state index in [1.54, 1.807) is 30.5 Å². The molecule has 1 aliphatic heterocycles. The van der Waals surface area contributed by atoms with Gasteiger partial charge in [-0.1, -0.05) is 0 Å². The molecule has 1 saturated heterocycles. The standard InChI is InChI=1S/C19H19FN6O2/c1-27-11-2-3-12(13(20)8-11)14-9-18(25-24-14)22-17-4-5-21-19(23-17)26-6-7-28-16-10-15(16)26/h2-5,8-9,15-16H,6-7,10H2,1H3,(H2,21,22,23,24,25). The van der Waals surface area contributed by atoms with Crippen LogP contribution >= 0.6 is 0 Å². The second kappa shape index (κ2) is 6.75. The van der Waals surface area contributed by atoms with Crippen LogP contribution in [-0.4, -0.2) is 52.6 Å². The van der Waals surface area contributed by atoms with Crippen LogP contribution in [0.3, 0.4) is 0 Å². The van der Waals surface area contributed by atoms with Crippen molar-refractivity contribution in [3.63, 3.8) is 0 Å². The Labute approximate surface area is 160 Å². The minimum atomic E-state index is -0.384. The van der Waals surface area contributed by atoms with Crippen LogP contribution in [0.1, 0.15) is 6.42 Å². The van der Waals surface area contributed by atoms with Gasteiger partial charge in [0.15, 0.2) is 5.82 Å². The lowest BCUT2D eigenvalue weighted by atomic mass is 10.1. The summed E-state index contributed by atoms with van der Waals surface area (Å²) in [6, 6.07) is 8.58. The predicted octanol–water partition coefficient (Wildman–Crippen LogP) is 2.74. The Hall–Kier alpha value is -3.20. The lowest BCUT2D eigenvalue weighted by Crippen LogP contribution is -2.37. The molecule has 0 bridgehead atoms. The highest BCUT2D eigenvalue weighted by Crippen LogP contribution is 2.36. The van der Waals surface area contributed by atoms with Gasteiger partial charge >= 0.3 is 0 Å². The molecule has 0 radical (unpaired) electrons. The molecule has 144 valence electrons. The zero-order chi connectivity index (χ0) is 19.1. The SMILES string of the molecule is COc1ccc(-c2cc(Nc3ccnc(N4CCOC5CC54)n3)n[nH]2)c(F)c1. The van der Waals surface area contributed by atoms with E-state index in [2.05, 4.69) is 30.4 Å². The number of morpholine rings is 1. The van der Waals surface area contributed by atoms with Gasteiger partial charge in [-0.15, -0.1) is 0 Å². The van der Waals surface area contributed by atoms with Crippen LogP contribution in [-0.2, 0) is 4.74 Å². The first-order valence-electron chi connectivity index (χ1n) is 9.09. The fourth-order valence-electron chi connectivity index (χ4n) is 3.44. The highest BCUT2D eigenvalue weighted by Gasteiger charge is 2.46. The molecule has 2 fully saturated rings. The van der Waals surface area contributed by atoms with Crippen LogP contribution in [0.2, 0.25) is 0 Å². The summed E-state index contributed by atoms with van der Waals surface area (Å²) in [5, 5.41) is 10.2. The van der Waals surface area contributed by atoms with Gasteiger partial charge in [0.25, 0.3) is 0 Å². The average Bonchev–Trinajstić information content (AvgIpc) is 3.38. The molecule has 5 rings (SSSR count). The van der Waals surface area contributed by atoms with E-state index >= 15 is 0 Å². The molecule has 1 aliphatic carbocycles. The third kappa shape index (κ3) is 3.13. The number of aromatic nitrogens is 4. The Balaban J connectivity index is 1.34. The summed E-state index contributed by atoms with van der Waals surface area (Å²) in [6.45, 7) is 1.48. The van der Waals surface area contributed by atoms with Gasteiger partial charge in [0.05, 0.1) is 31.6 Å². The molecular weight excluding hydrogens is 363 g/mol. The third-order valence-corrected chi connectivity index (χ3v) is 4.96. The summed E-state index contributed by atoms with van der Waals surface area (Å²) in [4.78, 5) is 11.2. The Morgan fingerprint density at radius 3 is 3.07 bits per heavy atom. The molecule has 3 heterocycles. The highest BCUT2D eigenvalue weighted by atomic mass is 19.1. The molecule has 2 aliphatic rings. The van der Waals surface area contributed by atoms with Crippen molar-refractivity contribution in [3.05, 3.63) is 42.3 Å². The fourth-order valence-corrected chi connectivity index (χ4v) is 3.44. The van der Waals surface area contributed by atoms with E-state index in [0.29, 0.717) is 53.3 Å². The summed E-state index contributed by atoms with van der Waals surface area (Å²) in [5.41, 5.74) is 0.976. The number of anilines is 3. The number of hydrogen-bond acceptors (Lipinski definition) is 7. The largest absolute Gasteiger partial charge is 0.497 e. The third-order valence-electron chi connectivity index (χ3n) is 4.96. The van der Waals surface area contributed by atoms with Gasteiger partial charge in [-0.2, -0.15) is 10.1 Å². The summed E-state index contributed by atoms with van der Waals surface area (Å²) in [6.07, 6.45) is 3.05. The molecule has 9 heteroatoms. The van der Waals surface area contributed by atoms with E-state index in [0.717, 1.165) is 13.0 Å². The predicted molar refractivity (Wildman–Crippen MR) is 101 cm³/mol. The van der Waals surface area contributed by atoms with Gasteiger partial charge in [0.2, 0.25) is 5.95 Å². The zero-order valence-electron chi connectivity index (χ0n) is 15.2. The lowest BCUT2D eigenvalue weighted by molar-refractivity contribution is 0.102. The van der Waals surface area contributed by atoms with Crippen molar-refractivity contribution in [2.45, 2.75) is 18.6 Å². The Bertz CT molecular complexity index is 1010. The highest BCUT2D eigenvalue weighted by molar-refractivity contribution is 5.66. The molecule has 3 aromatic rings. The number of ether oxygens (including phenoxy) is 2. The van der Waals surface area contributed by atoms with E-state index in [-0.39, 0.29) is 5.82 Å². The molecule has 2 atom stereocenters. The van der Waals surface area contributed by atoms with Crippen LogP contribution in [0, 0.1) is 5.82 Å². The Morgan fingerprint density at radius 2 is 2.21 bits per heavy atom. The molecule has 28 heavy (non-hydrogen) atoms. The smallest absolute Gasteiger partial charge is 0.227 e. The summed E-state index contributed by atoms with van der Waals surface area (Å²) < 4.78 is 24.9. The topological polar surface area (TPSA) is 88.2 Å². The summed E-state index contributed by atoms with van der Waals surface area (Å²) in [5.74, 6) is 1.93. The quantitative estimate of drug-likeness (QED) is 0.701. The van der Waals surface area contributed by atoms with Crippen molar-refractivity contribution in [2.75, 3.05) is 30.5 Å². The number of nitrogens with zero attached hydrogens (tertiary/aromatic N) is 4. The van der Waals surface area contributed by atoms with E-state index < -0.39 is 0 Å². The first-order chi connectivity index (χ1) is 13.7. The van der Waals surface area contributed by atoms with E-state index in [9.17, 15) is 4.39 Å². The Morgan fingerprint density at radius 1 is 1.29 bits per heavy atom. The second-order valence-corrected chi connectivity index (χ2v) is 6.79. The number of rotatable bonds is 5. The number of halogens is 1. The molecule has 2 unspecified atom stereocenters. The minimum absolute atomic E-state index is 0.308. The molecule has 1 aromatic carbocycles. The minimum Gasteiger partial charge on any atom is -0.497 e. The van der Waals surface area contributed by atoms with Gasteiger partial charge in [0.1, 0.15) is 17.4 Å². The van der Waals surface area contributed by atoms with Gasteiger partial charge in [-0.05, 0) is 24.6 Å². The molecule has 2 aromatic heterocycles. The number of benzene rings is 1. The van der Waals surface area contributed by atoms with Crippen molar-refractivity contribution in [3.8, 4) is 17.0 Å². The normalized spacial score (nSPS) is 20.6. The van der Waals surface area contributed by atoms with Crippen LogP contribution in [0.25, 0.3) is 11.3 Å². The molecule has 8 nitrogen and oxygen atoms in total. The molecule has 1 saturated carbocycles. The van der Waals surface area contributed by atoms with Crippen molar-refractivity contribution >= 4 is 17.6 Å². The summed E-state index contributed by atoms with van der Waals surface area (Å²) >= 11 is 0. The van der Waals surface area contributed by atoms with Crippen LogP contribution in [0.5, 0.6) is 5.75 Å². The maximum atomic E-state index is 14.3. The molecule has 0 amide bonds. The number of aromatic amines is 1. The van der Waals surface area contributed by atoms with Gasteiger partial charge < -0.3 is 19.7 Å². The van der Waals surface area contributed by atoms with Crippen LogP contribution in [0.4, 0.5) is 22.0 Å². The Kier molecular flexibility index (Phi) is 4.09. The van der Waals surface area contributed by atoms with Crippen LogP contribution < -0.4 is 15.0 Å². The lowest BCUT2D eigenvalue weighted by Gasteiger charge is -2.26. The van der Waals surface area contributed by atoms with Gasteiger partial charge in [-0.25, -0.2) is 9.37 Å². The fraction of sp³-hybridized carbons (Fsp3) is 0.316. The molecular formula is C19H19FN6O2. The van der Waals surface area contributed by atoms with Crippen molar-refractivity contribution in [1.82, 2.24) is 20.2 Å². The van der Waals surface area contributed by atoms with Crippen LogP contribution in [0.15, 0.2) is 36.5 Å². The first-order valence-corrected chi connectivity index (χ1v) is 9.09. The van der Waals surface area contributed by atoms with Crippen molar-refractivity contribution in [1.29, 1.82) is 0 Å². The first kappa shape index (κ1) is 16.9. The van der Waals surface area contributed by atoms with Crippen molar-refractivity contribution < 1.29 is 13.9 Å². The number of nitrogens with one attached hydrogen (secondary N) is 2. The van der Waals surface area contributed by atoms with Gasteiger partial charge in [-0.3, -0.25) is 5.10 Å². The molecule has 2 N–H and O–H groups in total. The second-order valence-electron chi connectivity index (χ2n) is 6.79. The van der Waals surface area contributed by atoms with E-state index in [1.807, 2.05) is 0 Å². The monoisotopic (exact) mass is 382 g/mol.